The summed E-state index contributed by atoms with van der Waals surface area (Å²) in [7, 11) is 3.61. The van der Waals surface area contributed by atoms with Crippen LogP contribution < -0.4 is 24.0 Å². The third-order valence-corrected chi connectivity index (χ3v) is 2.05. The van der Waals surface area contributed by atoms with Gasteiger partial charge in [-0.2, -0.15) is 4.59 Å². The SMILES string of the molecule is CC=C[N+](C)(C)N1C(=O)CCC1=O.[I-]. The van der Waals surface area contributed by atoms with E-state index in [1.807, 2.05) is 13.0 Å². The molecule has 0 aromatic heterocycles. The molecule has 0 aromatic carbocycles. The normalized spacial score (nSPS) is 17.8. The van der Waals surface area contributed by atoms with Crippen molar-refractivity contribution in [2.75, 3.05) is 14.1 Å². The summed E-state index contributed by atoms with van der Waals surface area (Å²) in [6, 6.07) is 0. The van der Waals surface area contributed by atoms with Gasteiger partial charge in [0, 0.05) is 12.8 Å². The van der Waals surface area contributed by atoms with E-state index in [0.29, 0.717) is 12.8 Å². The fourth-order valence-electron chi connectivity index (χ4n) is 1.57. The lowest BCUT2D eigenvalue weighted by Crippen LogP contribution is -3.00. The second-order valence-corrected chi connectivity index (χ2v) is 3.56. The lowest BCUT2D eigenvalue weighted by atomic mass is 10.4. The minimum Gasteiger partial charge on any atom is -1.00 e. The highest BCUT2D eigenvalue weighted by atomic mass is 127. The second-order valence-electron chi connectivity index (χ2n) is 3.56. The van der Waals surface area contributed by atoms with Crippen molar-refractivity contribution in [1.82, 2.24) is 5.01 Å². The predicted molar refractivity (Wildman–Crippen MR) is 48.0 cm³/mol. The number of nitrogens with zero attached hydrogens (tertiary/aromatic N) is 2. The second kappa shape index (κ2) is 4.88. The summed E-state index contributed by atoms with van der Waals surface area (Å²) >= 11 is 0. The molecule has 0 unspecified atom stereocenters. The van der Waals surface area contributed by atoms with Gasteiger partial charge in [0.2, 0.25) is 0 Å². The molecule has 1 fully saturated rings. The van der Waals surface area contributed by atoms with Gasteiger partial charge in [0.1, 0.15) is 6.20 Å². The summed E-state index contributed by atoms with van der Waals surface area (Å²) in [5.41, 5.74) is 0. The first kappa shape index (κ1) is 13.6. The smallest absolute Gasteiger partial charge is 0.277 e. The van der Waals surface area contributed by atoms with Crippen molar-refractivity contribution in [3.05, 3.63) is 12.3 Å². The van der Waals surface area contributed by atoms with Gasteiger partial charge in [0.15, 0.2) is 0 Å². The summed E-state index contributed by atoms with van der Waals surface area (Å²) < 4.78 is 0.189. The Labute approximate surface area is 101 Å². The molecular weight excluding hydrogens is 295 g/mol. The molecule has 0 atom stereocenters. The summed E-state index contributed by atoms with van der Waals surface area (Å²) in [6.07, 6.45) is 4.33. The van der Waals surface area contributed by atoms with E-state index in [-0.39, 0.29) is 40.4 Å². The first-order valence-electron chi connectivity index (χ1n) is 4.33. The fraction of sp³-hybridized carbons (Fsp3) is 0.556. The molecule has 4 nitrogen and oxygen atoms in total. The molecule has 0 aromatic rings. The molecule has 2 amide bonds. The standard InChI is InChI=1S/C9H15N2O2.HI/c1-4-7-11(2,3)10-8(12)5-6-9(10)13;/h4,7H,5-6H2,1-3H3;1H/q+1;/p-1. The molecule has 0 bridgehead atoms. The van der Waals surface area contributed by atoms with Crippen LogP contribution in [0.5, 0.6) is 0 Å². The highest BCUT2D eigenvalue weighted by molar-refractivity contribution is 6.00. The van der Waals surface area contributed by atoms with E-state index >= 15 is 0 Å². The van der Waals surface area contributed by atoms with Gasteiger partial charge in [-0.25, -0.2) is 0 Å². The molecule has 1 aliphatic heterocycles. The number of allylic oxidation sites excluding steroid dienone is 1. The van der Waals surface area contributed by atoms with Gasteiger partial charge in [-0.15, -0.1) is 5.01 Å². The summed E-state index contributed by atoms with van der Waals surface area (Å²) in [5, 5.41) is 1.29. The number of hydrogen-bond donors (Lipinski definition) is 0. The van der Waals surface area contributed by atoms with Crippen LogP contribution in [-0.2, 0) is 9.59 Å². The molecule has 1 heterocycles. The van der Waals surface area contributed by atoms with Gasteiger partial charge >= 0.3 is 0 Å². The van der Waals surface area contributed by atoms with Crippen molar-refractivity contribution in [2.24, 2.45) is 0 Å². The summed E-state index contributed by atoms with van der Waals surface area (Å²) in [4.78, 5) is 22.7. The first-order chi connectivity index (χ1) is 5.99. The number of carbonyl (C=O) groups excluding carboxylic acids is 2. The number of imide groups is 1. The Morgan fingerprint density at radius 3 is 2.00 bits per heavy atom. The maximum absolute atomic E-state index is 11.4. The van der Waals surface area contributed by atoms with Crippen LogP contribution in [0.3, 0.4) is 0 Å². The zero-order chi connectivity index (χ0) is 10.1. The summed E-state index contributed by atoms with van der Waals surface area (Å²) in [6.45, 7) is 1.87. The van der Waals surface area contributed by atoms with Crippen LogP contribution in [0, 0.1) is 0 Å². The Morgan fingerprint density at radius 1 is 1.21 bits per heavy atom. The average Bonchev–Trinajstić information content (AvgIpc) is 2.31. The van der Waals surface area contributed by atoms with E-state index in [1.54, 1.807) is 20.3 Å². The van der Waals surface area contributed by atoms with Crippen LogP contribution in [-0.4, -0.2) is 35.5 Å². The van der Waals surface area contributed by atoms with Crippen LogP contribution in [0.2, 0.25) is 0 Å². The zero-order valence-electron chi connectivity index (χ0n) is 8.66. The molecule has 1 rings (SSSR count). The topological polar surface area (TPSA) is 37.4 Å². The molecule has 0 radical (unpaired) electrons. The molecule has 0 aliphatic carbocycles. The van der Waals surface area contributed by atoms with E-state index in [2.05, 4.69) is 0 Å². The van der Waals surface area contributed by atoms with Crippen LogP contribution >= 0.6 is 0 Å². The molecular formula is C9H15IN2O2. The lowest BCUT2D eigenvalue weighted by molar-refractivity contribution is -0.932. The predicted octanol–water partition coefficient (Wildman–Crippen LogP) is -2.34. The van der Waals surface area contributed by atoms with Crippen molar-refractivity contribution in [3.63, 3.8) is 0 Å². The highest BCUT2D eigenvalue weighted by Gasteiger charge is 2.40. The van der Waals surface area contributed by atoms with Gasteiger partial charge in [-0.3, -0.25) is 9.59 Å². The Kier molecular flexibility index (Phi) is 4.73. The minimum atomic E-state index is -0.0897. The number of amides is 2. The fourth-order valence-corrected chi connectivity index (χ4v) is 1.57. The van der Waals surface area contributed by atoms with Gasteiger partial charge in [0.05, 0.1) is 14.1 Å². The molecule has 14 heavy (non-hydrogen) atoms. The molecule has 0 spiro atoms. The quantitative estimate of drug-likeness (QED) is 0.326. The summed E-state index contributed by atoms with van der Waals surface area (Å²) in [5.74, 6) is -0.179. The van der Waals surface area contributed by atoms with Crippen molar-refractivity contribution < 1.29 is 38.2 Å². The molecule has 1 aliphatic rings. The van der Waals surface area contributed by atoms with E-state index in [0.717, 1.165) is 0 Å². The Morgan fingerprint density at radius 2 is 1.64 bits per heavy atom. The monoisotopic (exact) mass is 310 g/mol. The van der Waals surface area contributed by atoms with Crippen molar-refractivity contribution in [3.8, 4) is 0 Å². The minimum absolute atomic E-state index is 0. The number of hydrogen-bond acceptors (Lipinski definition) is 2. The molecule has 1 saturated heterocycles. The van der Waals surface area contributed by atoms with Gasteiger partial charge in [-0.1, -0.05) is 0 Å². The number of quaternary nitrogens is 1. The zero-order valence-corrected chi connectivity index (χ0v) is 10.8. The Hall–Kier alpha value is -0.430. The maximum Gasteiger partial charge on any atom is 0.277 e. The molecule has 0 saturated carbocycles. The largest absolute Gasteiger partial charge is 1.00 e. The van der Waals surface area contributed by atoms with E-state index in [9.17, 15) is 9.59 Å². The van der Waals surface area contributed by atoms with Crippen LogP contribution in [0.15, 0.2) is 12.3 Å². The van der Waals surface area contributed by atoms with Gasteiger partial charge < -0.3 is 24.0 Å². The van der Waals surface area contributed by atoms with Crippen LogP contribution in [0.4, 0.5) is 0 Å². The van der Waals surface area contributed by atoms with Gasteiger partial charge in [-0.05, 0) is 13.0 Å². The molecule has 5 heteroatoms. The third kappa shape index (κ3) is 2.54. The lowest BCUT2D eigenvalue weighted by Gasteiger charge is -2.31. The number of carbonyl (C=O) groups is 2. The number of rotatable bonds is 2. The van der Waals surface area contributed by atoms with Crippen molar-refractivity contribution >= 4 is 11.8 Å². The van der Waals surface area contributed by atoms with E-state index < -0.39 is 0 Å². The van der Waals surface area contributed by atoms with Crippen LogP contribution in [0.1, 0.15) is 19.8 Å². The maximum atomic E-state index is 11.4. The van der Waals surface area contributed by atoms with Crippen molar-refractivity contribution in [2.45, 2.75) is 19.8 Å². The first-order valence-corrected chi connectivity index (χ1v) is 4.33. The van der Waals surface area contributed by atoms with Gasteiger partial charge in [0.25, 0.3) is 11.8 Å². The Bertz CT molecular complexity index is 258. The number of halogens is 1. The van der Waals surface area contributed by atoms with Crippen molar-refractivity contribution in [1.29, 1.82) is 0 Å². The Balaban J connectivity index is 0.00000169. The average molecular weight is 310 g/mol. The third-order valence-electron chi connectivity index (χ3n) is 2.05. The van der Waals surface area contributed by atoms with E-state index in [4.69, 9.17) is 0 Å². The molecule has 80 valence electrons. The molecule has 0 N–H and O–H groups in total. The van der Waals surface area contributed by atoms with Crippen LogP contribution in [0.25, 0.3) is 0 Å². The highest BCUT2D eigenvalue weighted by Crippen LogP contribution is 2.18. The van der Waals surface area contributed by atoms with E-state index in [1.165, 1.54) is 5.01 Å².